The summed E-state index contributed by atoms with van der Waals surface area (Å²) >= 11 is 5.62. The molecule has 13 heavy (non-hydrogen) atoms. The Kier molecular flexibility index (Phi) is 2.02. The number of hydrogen-bond donors (Lipinski definition) is 1. The number of aromatic nitrogens is 2. The Balaban J connectivity index is 2.49. The van der Waals surface area contributed by atoms with E-state index in [1.807, 2.05) is 0 Å². The van der Waals surface area contributed by atoms with Crippen molar-refractivity contribution in [3.8, 4) is 11.3 Å². The summed E-state index contributed by atoms with van der Waals surface area (Å²) in [6, 6.07) is 6.33. The summed E-state index contributed by atoms with van der Waals surface area (Å²) in [4.78, 5) is 0. The van der Waals surface area contributed by atoms with Gasteiger partial charge in [0.2, 0.25) is 0 Å². The van der Waals surface area contributed by atoms with Crippen molar-refractivity contribution >= 4 is 11.6 Å². The Morgan fingerprint density at radius 1 is 1.31 bits per heavy atom. The predicted octanol–water partition coefficient (Wildman–Crippen LogP) is 2.87. The molecule has 0 bridgehead atoms. The summed E-state index contributed by atoms with van der Waals surface area (Å²) in [7, 11) is 0. The number of rotatable bonds is 1. The van der Waals surface area contributed by atoms with Crippen LogP contribution in [0.5, 0.6) is 0 Å². The minimum absolute atomic E-state index is 0.118. The number of nitrogens with zero attached hydrogens (tertiary/aromatic N) is 1. The van der Waals surface area contributed by atoms with Gasteiger partial charge in [-0.1, -0.05) is 11.6 Å². The normalized spacial score (nSPS) is 10.3. The van der Waals surface area contributed by atoms with Gasteiger partial charge >= 0.3 is 0 Å². The second-order valence-electron chi connectivity index (χ2n) is 2.60. The van der Waals surface area contributed by atoms with Gasteiger partial charge in [-0.05, 0) is 24.3 Å². The standard InChI is InChI=1S/C9H6ClFN2/c10-7-5-6(1-2-8(7)11)9-3-4-12-13-9/h1-5H,(H,12,13). The van der Waals surface area contributed by atoms with Gasteiger partial charge in [0, 0.05) is 11.8 Å². The maximum Gasteiger partial charge on any atom is 0.141 e. The number of hydrogen-bond acceptors (Lipinski definition) is 1. The molecule has 2 rings (SSSR count). The zero-order valence-electron chi connectivity index (χ0n) is 6.59. The van der Waals surface area contributed by atoms with E-state index in [4.69, 9.17) is 11.6 Å². The quantitative estimate of drug-likeness (QED) is 0.747. The molecule has 1 aromatic heterocycles. The first-order chi connectivity index (χ1) is 6.27. The first-order valence-electron chi connectivity index (χ1n) is 3.72. The van der Waals surface area contributed by atoms with E-state index >= 15 is 0 Å². The zero-order chi connectivity index (χ0) is 9.26. The molecule has 1 N–H and O–H groups in total. The third-order valence-electron chi connectivity index (χ3n) is 1.73. The van der Waals surface area contributed by atoms with Gasteiger partial charge in [-0.25, -0.2) is 4.39 Å². The van der Waals surface area contributed by atoms with Crippen LogP contribution in [0.25, 0.3) is 11.3 Å². The van der Waals surface area contributed by atoms with Crippen molar-refractivity contribution in [2.24, 2.45) is 0 Å². The van der Waals surface area contributed by atoms with Gasteiger partial charge < -0.3 is 0 Å². The molecule has 0 atom stereocenters. The third kappa shape index (κ3) is 1.55. The molecule has 0 aliphatic heterocycles. The fourth-order valence-corrected chi connectivity index (χ4v) is 1.26. The average molecular weight is 197 g/mol. The van der Waals surface area contributed by atoms with Gasteiger partial charge in [0.05, 0.1) is 10.7 Å². The zero-order valence-corrected chi connectivity index (χ0v) is 7.35. The Morgan fingerprint density at radius 3 is 2.77 bits per heavy atom. The van der Waals surface area contributed by atoms with E-state index in [1.165, 1.54) is 6.07 Å². The fraction of sp³-hybridized carbons (Fsp3) is 0. The average Bonchev–Trinajstić information content (AvgIpc) is 2.62. The number of benzene rings is 1. The molecule has 4 heteroatoms. The van der Waals surface area contributed by atoms with Crippen molar-refractivity contribution in [1.29, 1.82) is 0 Å². The highest BCUT2D eigenvalue weighted by atomic mass is 35.5. The second kappa shape index (κ2) is 3.18. The van der Waals surface area contributed by atoms with Crippen LogP contribution in [0.4, 0.5) is 4.39 Å². The van der Waals surface area contributed by atoms with Crippen LogP contribution < -0.4 is 0 Å². The van der Waals surface area contributed by atoms with Crippen molar-refractivity contribution in [2.75, 3.05) is 0 Å². The maximum absolute atomic E-state index is 12.8. The molecule has 0 saturated carbocycles. The van der Waals surface area contributed by atoms with Gasteiger partial charge in [-0.15, -0.1) is 0 Å². The highest BCUT2D eigenvalue weighted by Gasteiger charge is 2.03. The molecular formula is C9H6ClFN2. The van der Waals surface area contributed by atoms with Crippen LogP contribution in [0, 0.1) is 5.82 Å². The van der Waals surface area contributed by atoms with Crippen LogP contribution in [-0.2, 0) is 0 Å². The second-order valence-corrected chi connectivity index (χ2v) is 3.01. The third-order valence-corrected chi connectivity index (χ3v) is 2.02. The lowest BCUT2D eigenvalue weighted by Gasteiger charge is -1.98. The number of aromatic amines is 1. The first kappa shape index (κ1) is 8.26. The number of halogens is 2. The molecule has 2 nitrogen and oxygen atoms in total. The van der Waals surface area contributed by atoms with Crippen LogP contribution in [0.3, 0.4) is 0 Å². The Bertz CT molecular complexity index is 412. The molecule has 0 fully saturated rings. The molecule has 1 aromatic carbocycles. The Morgan fingerprint density at radius 2 is 2.15 bits per heavy atom. The molecule has 0 unspecified atom stereocenters. The number of nitrogens with one attached hydrogen (secondary N) is 1. The van der Waals surface area contributed by atoms with Crippen LogP contribution in [0.2, 0.25) is 5.02 Å². The Labute approximate surface area is 79.4 Å². The topological polar surface area (TPSA) is 28.7 Å². The van der Waals surface area contributed by atoms with Gasteiger partial charge in [0.15, 0.2) is 0 Å². The van der Waals surface area contributed by atoms with E-state index in [1.54, 1.807) is 24.4 Å². The molecule has 0 aliphatic rings. The predicted molar refractivity (Wildman–Crippen MR) is 49.0 cm³/mol. The number of H-pyrrole nitrogens is 1. The molecule has 1 heterocycles. The van der Waals surface area contributed by atoms with Crippen LogP contribution >= 0.6 is 11.6 Å². The molecular weight excluding hydrogens is 191 g/mol. The molecule has 0 radical (unpaired) electrons. The monoisotopic (exact) mass is 196 g/mol. The van der Waals surface area contributed by atoms with E-state index in [0.717, 1.165) is 11.3 Å². The van der Waals surface area contributed by atoms with Gasteiger partial charge in [-0.2, -0.15) is 5.10 Å². The van der Waals surface area contributed by atoms with Crippen molar-refractivity contribution in [1.82, 2.24) is 10.2 Å². The van der Waals surface area contributed by atoms with Crippen molar-refractivity contribution in [2.45, 2.75) is 0 Å². The summed E-state index contributed by atoms with van der Waals surface area (Å²) in [6.07, 6.45) is 1.63. The summed E-state index contributed by atoms with van der Waals surface area (Å²) in [5, 5.41) is 6.68. The van der Waals surface area contributed by atoms with Crippen LogP contribution in [0.1, 0.15) is 0 Å². The molecule has 0 amide bonds. The van der Waals surface area contributed by atoms with Crippen molar-refractivity contribution < 1.29 is 4.39 Å². The SMILES string of the molecule is Fc1ccc(-c2ccn[nH]2)cc1Cl. The highest BCUT2D eigenvalue weighted by molar-refractivity contribution is 6.31. The van der Waals surface area contributed by atoms with Gasteiger partial charge in [-0.3, -0.25) is 5.10 Å². The molecule has 66 valence electrons. The van der Waals surface area contributed by atoms with Crippen molar-refractivity contribution in [3.05, 3.63) is 41.3 Å². The van der Waals surface area contributed by atoms with Gasteiger partial charge in [0.25, 0.3) is 0 Å². The van der Waals surface area contributed by atoms with E-state index in [9.17, 15) is 4.39 Å². The molecule has 0 saturated heterocycles. The summed E-state index contributed by atoms with van der Waals surface area (Å²) in [6.45, 7) is 0. The minimum atomic E-state index is -0.412. The maximum atomic E-state index is 12.8. The minimum Gasteiger partial charge on any atom is -0.278 e. The van der Waals surface area contributed by atoms with Crippen molar-refractivity contribution in [3.63, 3.8) is 0 Å². The van der Waals surface area contributed by atoms with E-state index in [2.05, 4.69) is 10.2 Å². The van der Waals surface area contributed by atoms with E-state index < -0.39 is 5.82 Å². The molecule has 0 aliphatic carbocycles. The largest absolute Gasteiger partial charge is 0.278 e. The summed E-state index contributed by atoms with van der Waals surface area (Å²) in [5.74, 6) is -0.412. The summed E-state index contributed by atoms with van der Waals surface area (Å²) in [5.41, 5.74) is 1.64. The lowest BCUT2D eigenvalue weighted by molar-refractivity contribution is 0.628. The highest BCUT2D eigenvalue weighted by Crippen LogP contribution is 2.22. The lowest BCUT2D eigenvalue weighted by Crippen LogP contribution is -1.81. The van der Waals surface area contributed by atoms with E-state index in [0.29, 0.717) is 0 Å². The smallest absolute Gasteiger partial charge is 0.141 e. The van der Waals surface area contributed by atoms with Gasteiger partial charge in [0.1, 0.15) is 5.82 Å². The van der Waals surface area contributed by atoms with Crippen LogP contribution in [-0.4, -0.2) is 10.2 Å². The summed E-state index contributed by atoms with van der Waals surface area (Å²) < 4.78 is 12.8. The fourth-order valence-electron chi connectivity index (χ4n) is 1.08. The molecule has 0 spiro atoms. The molecule has 2 aromatic rings. The lowest BCUT2D eigenvalue weighted by atomic mass is 10.1. The Hall–Kier alpha value is -1.35. The first-order valence-corrected chi connectivity index (χ1v) is 4.10. The van der Waals surface area contributed by atoms with Crippen LogP contribution in [0.15, 0.2) is 30.5 Å². The van der Waals surface area contributed by atoms with E-state index in [-0.39, 0.29) is 5.02 Å².